The number of aliphatic hydroxyl groups is 1. The molecule has 1 N–H and O–H groups in total. The van der Waals surface area contributed by atoms with Gasteiger partial charge in [-0.25, -0.2) is 9.37 Å². The summed E-state index contributed by atoms with van der Waals surface area (Å²) in [5, 5.41) is 9.83. The van der Waals surface area contributed by atoms with Gasteiger partial charge in [-0.15, -0.1) is 0 Å². The maximum atomic E-state index is 13.9. The molecule has 3 nitrogen and oxygen atoms in total. The fourth-order valence-corrected chi connectivity index (χ4v) is 3.04. The number of hydrogen-bond acceptors (Lipinski definition) is 3. The predicted octanol–water partition coefficient (Wildman–Crippen LogP) is 4.28. The van der Waals surface area contributed by atoms with Crippen molar-refractivity contribution < 1.29 is 9.50 Å². The molecular formula is C15H14BrCl2FN2O. The van der Waals surface area contributed by atoms with Crippen molar-refractivity contribution in [3.63, 3.8) is 0 Å². The summed E-state index contributed by atoms with van der Waals surface area (Å²) in [6.45, 7) is 1.23. The predicted molar refractivity (Wildman–Crippen MR) is 89.6 cm³/mol. The van der Waals surface area contributed by atoms with Crippen LogP contribution in [0.4, 0.5) is 4.39 Å². The molecular weight excluding hydrogens is 394 g/mol. The summed E-state index contributed by atoms with van der Waals surface area (Å²) in [5.74, 6) is -0.281. The van der Waals surface area contributed by atoms with E-state index in [0.29, 0.717) is 35.5 Å². The Hall–Kier alpha value is -0.720. The molecule has 0 radical (unpaired) electrons. The molecule has 0 bridgehead atoms. The van der Waals surface area contributed by atoms with Crippen molar-refractivity contribution >= 4 is 39.1 Å². The molecule has 0 amide bonds. The number of rotatable bonds is 6. The van der Waals surface area contributed by atoms with Gasteiger partial charge in [0, 0.05) is 29.7 Å². The van der Waals surface area contributed by atoms with E-state index in [0.717, 1.165) is 10.0 Å². The Bertz CT molecular complexity index is 637. The maximum Gasteiger partial charge on any atom is 0.131 e. The molecule has 0 spiro atoms. The number of nitrogens with zero attached hydrogens (tertiary/aromatic N) is 2. The lowest BCUT2D eigenvalue weighted by Crippen LogP contribution is -2.26. The second kappa shape index (κ2) is 8.22. The standard InChI is InChI=1S/C15H14BrCl2FN2O/c16-12-1-2-13(19)11(7-12)9-21(3-4-22)8-10-5-14(17)20-15(18)6-10/h1-2,5-7,22H,3-4,8-9H2. The van der Waals surface area contributed by atoms with E-state index in [2.05, 4.69) is 20.9 Å². The van der Waals surface area contributed by atoms with Crippen LogP contribution in [0.3, 0.4) is 0 Å². The average Bonchev–Trinajstić information content (AvgIpc) is 2.42. The first-order chi connectivity index (χ1) is 10.5. The monoisotopic (exact) mass is 406 g/mol. The van der Waals surface area contributed by atoms with Crippen molar-refractivity contribution in [2.24, 2.45) is 0 Å². The molecule has 7 heteroatoms. The molecule has 2 rings (SSSR count). The number of hydrogen-bond donors (Lipinski definition) is 1. The largest absolute Gasteiger partial charge is 0.395 e. The molecule has 1 heterocycles. The van der Waals surface area contributed by atoms with Crippen LogP contribution in [-0.2, 0) is 13.1 Å². The normalized spacial score (nSPS) is 11.2. The van der Waals surface area contributed by atoms with Crippen LogP contribution in [0.25, 0.3) is 0 Å². The molecule has 0 aliphatic rings. The van der Waals surface area contributed by atoms with Crippen LogP contribution in [-0.4, -0.2) is 28.1 Å². The van der Waals surface area contributed by atoms with E-state index in [-0.39, 0.29) is 12.4 Å². The van der Waals surface area contributed by atoms with E-state index in [1.165, 1.54) is 6.07 Å². The van der Waals surface area contributed by atoms with E-state index in [1.807, 2.05) is 4.90 Å². The van der Waals surface area contributed by atoms with Crippen molar-refractivity contribution in [2.45, 2.75) is 13.1 Å². The molecule has 2 aromatic rings. The molecule has 22 heavy (non-hydrogen) atoms. The van der Waals surface area contributed by atoms with Crippen molar-refractivity contribution in [3.8, 4) is 0 Å². The lowest BCUT2D eigenvalue weighted by molar-refractivity contribution is 0.182. The average molecular weight is 408 g/mol. The highest BCUT2D eigenvalue weighted by Crippen LogP contribution is 2.20. The highest BCUT2D eigenvalue weighted by molar-refractivity contribution is 9.10. The molecule has 1 aromatic heterocycles. The Morgan fingerprint density at radius 3 is 2.45 bits per heavy atom. The first-order valence-corrected chi connectivity index (χ1v) is 8.12. The van der Waals surface area contributed by atoms with Crippen LogP contribution in [0.15, 0.2) is 34.8 Å². The van der Waals surface area contributed by atoms with Gasteiger partial charge in [0.1, 0.15) is 16.1 Å². The fraction of sp³-hybridized carbons (Fsp3) is 0.267. The summed E-state index contributed by atoms with van der Waals surface area (Å²) in [5.41, 5.74) is 1.41. The van der Waals surface area contributed by atoms with E-state index >= 15 is 0 Å². The van der Waals surface area contributed by atoms with Gasteiger partial charge in [-0.2, -0.15) is 0 Å². The highest BCUT2D eigenvalue weighted by Gasteiger charge is 2.11. The number of halogens is 4. The summed E-state index contributed by atoms with van der Waals surface area (Å²) in [6, 6.07) is 8.20. The zero-order valence-corrected chi connectivity index (χ0v) is 14.7. The van der Waals surface area contributed by atoms with Crippen LogP contribution >= 0.6 is 39.1 Å². The molecule has 0 atom stereocenters. The zero-order chi connectivity index (χ0) is 16.1. The van der Waals surface area contributed by atoms with Gasteiger partial charge in [-0.3, -0.25) is 4.90 Å². The lowest BCUT2D eigenvalue weighted by Gasteiger charge is -2.22. The summed E-state index contributed by atoms with van der Waals surface area (Å²) in [6.07, 6.45) is 0. The smallest absolute Gasteiger partial charge is 0.131 e. The third-order valence-electron chi connectivity index (χ3n) is 3.05. The Morgan fingerprint density at radius 2 is 1.82 bits per heavy atom. The van der Waals surface area contributed by atoms with Crippen LogP contribution in [0.1, 0.15) is 11.1 Å². The molecule has 0 unspecified atom stereocenters. The fourth-order valence-electron chi connectivity index (χ4n) is 2.12. The first kappa shape index (κ1) is 17.6. The van der Waals surface area contributed by atoms with Gasteiger partial charge < -0.3 is 5.11 Å². The third kappa shape index (κ3) is 5.18. The quantitative estimate of drug-likeness (QED) is 0.725. The van der Waals surface area contributed by atoms with E-state index < -0.39 is 0 Å². The van der Waals surface area contributed by atoms with Crippen molar-refractivity contribution in [2.75, 3.05) is 13.2 Å². The number of benzene rings is 1. The van der Waals surface area contributed by atoms with Gasteiger partial charge in [-0.1, -0.05) is 39.1 Å². The minimum absolute atomic E-state index is 0.0256. The van der Waals surface area contributed by atoms with Crippen LogP contribution in [0, 0.1) is 5.82 Å². The van der Waals surface area contributed by atoms with Gasteiger partial charge >= 0.3 is 0 Å². The number of aromatic nitrogens is 1. The Labute approximate surface area is 146 Å². The Kier molecular flexibility index (Phi) is 6.59. The molecule has 0 aliphatic carbocycles. The van der Waals surface area contributed by atoms with E-state index in [4.69, 9.17) is 23.2 Å². The Morgan fingerprint density at radius 1 is 1.14 bits per heavy atom. The summed E-state index contributed by atoms with van der Waals surface area (Å²) in [7, 11) is 0. The molecule has 118 valence electrons. The SMILES string of the molecule is OCCN(Cc1cc(Cl)nc(Cl)c1)Cc1cc(Br)ccc1F. The summed E-state index contributed by atoms with van der Waals surface area (Å²) >= 11 is 15.1. The summed E-state index contributed by atoms with van der Waals surface area (Å²) in [4.78, 5) is 5.80. The highest BCUT2D eigenvalue weighted by atomic mass is 79.9. The zero-order valence-electron chi connectivity index (χ0n) is 11.6. The third-order valence-corrected chi connectivity index (χ3v) is 3.93. The first-order valence-electron chi connectivity index (χ1n) is 6.57. The molecule has 0 fully saturated rings. The van der Waals surface area contributed by atoms with Crippen molar-refractivity contribution in [1.29, 1.82) is 0 Å². The van der Waals surface area contributed by atoms with Crippen molar-refractivity contribution in [1.82, 2.24) is 9.88 Å². The van der Waals surface area contributed by atoms with Gasteiger partial charge in [0.05, 0.1) is 6.61 Å². The second-order valence-electron chi connectivity index (χ2n) is 4.79. The van der Waals surface area contributed by atoms with Crippen LogP contribution in [0.5, 0.6) is 0 Å². The topological polar surface area (TPSA) is 36.4 Å². The van der Waals surface area contributed by atoms with Gasteiger partial charge in [0.2, 0.25) is 0 Å². The molecule has 0 saturated heterocycles. The lowest BCUT2D eigenvalue weighted by atomic mass is 10.1. The van der Waals surface area contributed by atoms with E-state index in [9.17, 15) is 9.50 Å². The molecule has 0 aliphatic heterocycles. The minimum atomic E-state index is -0.281. The summed E-state index contributed by atoms with van der Waals surface area (Å²) < 4.78 is 14.7. The minimum Gasteiger partial charge on any atom is -0.395 e. The van der Waals surface area contributed by atoms with Gasteiger partial charge in [0.25, 0.3) is 0 Å². The van der Waals surface area contributed by atoms with Crippen LogP contribution in [0.2, 0.25) is 10.3 Å². The number of aliphatic hydroxyl groups excluding tert-OH is 1. The van der Waals surface area contributed by atoms with Crippen molar-refractivity contribution in [3.05, 3.63) is 62.1 Å². The van der Waals surface area contributed by atoms with Crippen LogP contribution < -0.4 is 0 Å². The maximum absolute atomic E-state index is 13.9. The Balaban J connectivity index is 2.17. The van der Waals surface area contributed by atoms with E-state index in [1.54, 1.807) is 24.3 Å². The van der Waals surface area contributed by atoms with Gasteiger partial charge in [-0.05, 0) is 35.9 Å². The molecule has 0 saturated carbocycles. The number of pyridine rings is 1. The second-order valence-corrected chi connectivity index (χ2v) is 6.48. The molecule has 1 aromatic carbocycles. The van der Waals surface area contributed by atoms with Gasteiger partial charge in [0.15, 0.2) is 0 Å².